The second-order valence-electron chi connectivity index (χ2n) is 5.48. The first-order valence-corrected chi connectivity index (χ1v) is 8.46. The van der Waals surface area contributed by atoms with Gasteiger partial charge < -0.3 is 0 Å². The van der Waals surface area contributed by atoms with E-state index in [1.165, 1.54) is 89.9 Å². The zero-order chi connectivity index (χ0) is 13.3. The van der Waals surface area contributed by atoms with Crippen molar-refractivity contribution in [3.8, 4) is 0 Å². The Morgan fingerprint density at radius 3 is 1.72 bits per heavy atom. The molecule has 0 N–H and O–H groups in total. The van der Waals surface area contributed by atoms with Crippen molar-refractivity contribution < 1.29 is 0 Å². The Hall–Kier alpha value is -0.260. The fraction of sp³-hybridized carbons (Fsp3) is 0.889. The van der Waals surface area contributed by atoms with Crippen LogP contribution in [-0.4, -0.2) is 0 Å². The van der Waals surface area contributed by atoms with Crippen molar-refractivity contribution in [2.24, 2.45) is 0 Å². The van der Waals surface area contributed by atoms with Gasteiger partial charge in [-0.05, 0) is 31.8 Å². The molecule has 0 nitrogen and oxygen atoms in total. The molecule has 0 aliphatic carbocycles. The molecule has 0 aromatic rings. The maximum absolute atomic E-state index is 3.45. The van der Waals surface area contributed by atoms with Crippen LogP contribution < -0.4 is 0 Å². The predicted octanol–water partition coefficient (Wildman–Crippen LogP) is 6.85. The molecule has 0 rings (SSSR count). The average molecular weight is 251 g/mol. The van der Waals surface area contributed by atoms with Gasteiger partial charge in [0.1, 0.15) is 0 Å². The third-order valence-electron chi connectivity index (χ3n) is 3.52. The summed E-state index contributed by atoms with van der Waals surface area (Å²) < 4.78 is 0. The first-order chi connectivity index (χ1) is 8.91. The molecule has 0 amide bonds. The minimum Gasteiger partial charge on any atom is -0.0811 e. The SMILES string of the molecule is CCCCCCCC/[C]=C\CCCCCCCC. The number of rotatable bonds is 14. The molecule has 0 aromatic carbocycles. The largest absolute Gasteiger partial charge is 0.0811 e. The van der Waals surface area contributed by atoms with Gasteiger partial charge in [0.15, 0.2) is 0 Å². The Bertz CT molecular complexity index is 139. The smallest absolute Gasteiger partial charge is 0.0279 e. The van der Waals surface area contributed by atoms with Gasteiger partial charge in [-0.1, -0.05) is 84.1 Å². The summed E-state index contributed by atoms with van der Waals surface area (Å²) in [7, 11) is 0. The summed E-state index contributed by atoms with van der Waals surface area (Å²) in [6.45, 7) is 4.55. The zero-order valence-corrected chi connectivity index (χ0v) is 13.0. The van der Waals surface area contributed by atoms with Crippen LogP contribution >= 0.6 is 0 Å². The topological polar surface area (TPSA) is 0 Å². The highest BCUT2D eigenvalue weighted by molar-refractivity contribution is 4.73. The highest BCUT2D eigenvalue weighted by atomic mass is 14.0. The van der Waals surface area contributed by atoms with Gasteiger partial charge in [0, 0.05) is 0 Å². The lowest BCUT2D eigenvalue weighted by Gasteiger charge is -1.98. The molecule has 0 heteroatoms. The van der Waals surface area contributed by atoms with Gasteiger partial charge in [-0.3, -0.25) is 0 Å². The molecule has 0 heterocycles. The highest BCUT2D eigenvalue weighted by Crippen LogP contribution is 2.09. The molecule has 0 unspecified atom stereocenters. The third-order valence-corrected chi connectivity index (χ3v) is 3.52. The van der Waals surface area contributed by atoms with Crippen LogP contribution in [0.1, 0.15) is 104 Å². The first kappa shape index (κ1) is 17.7. The monoisotopic (exact) mass is 251 g/mol. The van der Waals surface area contributed by atoms with Gasteiger partial charge >= 0.3 is 0 Å². The molecule has 0 spiro atoms. The van der Waals surface area contributed by atoms with Crippen LogP contribution in [0.25, 0.3) is 0 Å². The van der Waals surface area contributed by atoms with Gasteiger partial charge in [0.25, 0.3) is 0 Å². The van der Waals surface area contributed by atoms with Crippen molar-refractivity contribution in [2.45, 2.75) is 104 Å². The van der Waals surface area contributed by atoms with Crippen LogP contribution in [0.4, 0.5) is 0 Å². The Morgan fingerprint density at radius 2 is 1.11 bits per heavy atom. The molecule has 0 saturated carbocycles. The fourth-order valence-electron chi connectivity index (χ4n) is 2.24. The van der Waals surface area contributed by atoms with E-state index in [0.717, 1.165) is 0 Å². The third kappa shape index (κ3) is 15.7. The standard InChI is InChI=1S/C18H35/c1-3-5-7-9-11-13-15-17-18-16-14-12-10-8-6-4-2/h17H,3-16H2,1-2H3. The lowest BCUT2D eigenvalue weighted by atomic mass is 10.1. The van der Waals surface area contributed by atoms with Gasteiger partial charge in [-0.25, -0.2) is 0 Å². The Morgan fingerprint density at radius 1 is 0.611 bits per heavy atom. The number of allylic oxidation sites excluding steroid dienone is 2. The molecule has 0 atom stereocenters. The molecule has 0 aliphatic rings. The van der Waals surface area contributed by atoms with Gasteiger partial charge in [-0.2, -0.15) is 0 Å². The fourth-order valence-corrected chi connectivity index (χ4v) is 2.24. The van der Waals surface area contributed by atoms with Crippen molar-refractivity contribution >= 4 is 0 Å². The normalized spacial score (nSPS) is 11.4. The molecule has 0 aromatic heterocycles. The van der Waals surface area contributed by atoms with Crippen LogP contribution in [0, 0.1) is 6.08 Å². The second kappa shape index (κ2) is 16.7. The van der Waals surface area contributed by atoms with E-state index in [2.05, 4.69) is 26.0 Å². The predicted molar refractivity (Wildman–Crippen MR) is 83.8 cm³/mol. The summed E-state index contributed by atoms with van der Waals surface area (Å²) in [4.78, 5) is 0. The Kier molecular flexibility index (Phi) is 16.5. The summed E-state index contributed by atoms with van der Waals surface area (Å²) in [5.41, 5.74) is 0. The molecule has 18 heavy (non-hydrogen) atoms. The molecule has 1 radical (unpaired) electrons. The summed E-state index contributed by atoms with van der Waals surface area (Å²) in [5.74, 6) is 0. The van der Waals surface area contributed by atoms with Crippen LogP contribution in [0.5, 0.6) is 0 Å². The zero-order valence-electron chi connectivity index (χ0n) is 13.0. The van der Waals surface area contributed by atoms with E-state index in [4.69, 9.17) is 0 Å². The molecule has 0 fully saturated rings. The molecule has 107 valence electrons. The van der Waals surface area contributed by atoms with Gasteiger partial charge in [-0.15, -0.1) is 0 Å². The van der Waals surface area contributed by atoms with Crippen LogP contribution in [0.2, 0.25) is 0 Å². The van der Waals surface area contributed by atoms with Gasteiger partial charge in [0.2, 0.25) is 0 Å². The van der Waals surface area contributed by atoms with E-state index in [1.54, 1.807) is 0 Å². The van der Waals surface area contributed by atoms with Crippen LogP contribution in [0.15, 0.2) is 6.08 Å². The highest BCUT2D eigenvalue weighted by Gasteiger charge is 1.89. The van der Waals surface area contributed by atoms with E-state index in [-0.39, 0.29) is 0 Å². The van der Waals surface area contributed by atoms with E-state index < -0.39 is 0 Å². The molecule has 0 saturated heterocycles. The maximum atomic E-state index is 3.45. The lowest BCUT2D eigenvalue weighted by molar-refractivity contribution is 0.604. The number of hydrogen-bond acceptors (Lipinski definition) is 0. The minimum absolute atomic E-state index is 1.18. The van der Waals surface area contributed by atoms with Crippen molar-refractivity contribution in [2.75, 3.05) is 0 Å². The van der Waals surface area contributed by atoms with E-state index in [0.29, 0.717) is 0 Å². The maximum Gasteiger partial charge on any atom is -0.0279 e. The average Bonchev–Trinajstić information content (AvgIpc) is 2.39. The number of hydrogen-bond donors (Lipinski definition) is 0. The molecular formula is C18H35. The van der Waals surface area contributed by atoms with Crippen LogP contribution in [-0.2, 0) is 0 Å². The summed E-state index contributed by atoms with van der Waals surface area (Å²) in [5, 5.41) is 0. The Balaban J connectivity index is 3.00. The summed E-state index contributed by atoms with van der Waals surface area (Å²) >= 11 is 0. The summed E-state index contributed by atoms with van der Waals surface area (Å²) in [6.07, 6.45) is 24.9. The Labute approximate surface area is 116 Å². The van der Waals surface area contributed by atoms with Gasteiger partial charge in [0.05, 0.1) is 0 Å². The summed E-state index contributed by atoms with van der Waals surface area (Å²) in [6, 6.07) is 0. The quantitative estimate of drug-likeness (QED) is 0.296. The van der Waals surface area contributed by atoms with Crippen molar-refractivity contribution in [3.05, 3.63) is 12.2 Å². The number of unbranched alkanes of at least 4 members (excludes halogenated alkanes) is 12. The molecule has 0 aliphatic heterocycles. The first-order valence-electron chi connectivity index (χ1n) is 8.46. The van der Waals surface area contributed by atoms with Crippen LogP contribution in [0.3, 0.4) is 0 Å². The van der Waals surface area contributed by atoms with E-state index in [1.807, 2.05) is 0 Å². The van der Waals surface area contributed by atoms with Crippen molar-refractivity contribution in [3.63, 3.8) is 0 Å². The van der Waals surface area contributed by atoms with E-state index in [9.17, 15) is 0 Å². The minimum atomic E-state index is 1.18. The molecule has 0 bridgehead atoms. The van der Waals surface area contributed by atoms with Crippen molar-refractivity contribution in [1.29, 1.82) is 0 Å². The lowest BCUT2D eigenvalue weighted by Crippen LogP contribution is -1.79. The van der Waals surface area contributed by atoms with E-state index >= 15 is 0 Å². The second-order valence-corrected chi connectivity index (χ2v) is 5.48. The molecular weight excluding hydrogens is 216 g/mol. The van der Waals surface area contributed by atoms with Crippen molar-refractivity contribution in [1.82, 2.24) is 0 Å².